The normalized spacial score (nSPS) is 11.8. The molecular weight excluding hydrogens is 1000 g/mol. The van der Waals surface area contributed by atoms with Crippen LogP contribution in [0.4, 0.5) is 0 Å². The number of pyridine rings is 3. The fraction of sp³-hybridized carbons (Fsp3) is 0.172. The van der Waals surface area contributed by atoms with Crippen LogP contribution in [0.25, 0.3) is 94.4 Å². The van der Waals surface area contributed by atoms with Crippen molar-refractivity contribution in [2.24, 2.45) is 5.92 Å². The standard InChI is InChI=1S/C40H27N4O.C18H24NSi.Ir/c1-24(2)35-28-16-8-6-14-26(28)27-15-7-9-17-29(27)37(35)44-34-19-11-10-18-33(34)42-39(44)31-22-23-41-36-30-20-21-32(25-12-4-3-5-13-25)43-40(30)45-38(31)36;1-14(2)11-16-12-17(15-9-7-6-8-10-15)19-13-18(16)20(3,4)5;/h3-21,23-24H,1-2H3;6-9,12-14H,11H2,1-5H3;/q2*-1;. The van der Waals surface area contributed by atoms with Crippen LogP contribution in [0.5, 0.6) is 0 Å². The molecule has 0 fully saturated rings. The van der Waals surface area contributed by atoms with E-state index in [2.05, 4.69) is 166 Å². The Kier molecular flexibility index (Phi) is 12.4. The molecule has 0 aliphatic carbocycles. The largest absolute Gasteiger partial charge is 0.499 e. The third-order valence-electron chi connectivity index (χ3n) is 12.2. The molecule has 66 heavy (non-hydrogen) atoms. The summed E-state index contributed by atoms with van der Waals surface area (Å²) >= 11 is 0. The Balaban J connectivity index is 0.000000221. The Morgan fingerprint density at radius 1 is 0.652 bits per heavy atom. The Morgan fingerprint density at radius 3 is 2.05 bits per heavy atom. The van der Waals surface area contributed by atoms with Crippen molar-refractivity contribution >= 4 is 68.0 Å². The van der Waals surface area contributed by atoms with E-state index >= 15 is 0 Å². The summed E-state index contributed by atoms with van der Waals surface area (Å²) in [7, 11) is -1.34. The number of aromatic nitrogens is 5. The van der Waals surface area contributed by atoms with Gasteiger partial charge in [0.15, 0.2) is 0 Å². The smallest absolute Gasteiger partial charge is 0.215 e. The first-order chi connectivity index (χ1) is 31.5. The van der Waals surface area contributed by atoms with Crippen LogP contribution < -0.4 is 5.19 Å². The van der Waals surface area contributed by atoms with Crippen LogP contribution in [0.2, 0.25) is 19.6 Å². The molecule has 5 heterocycles. The minimum Gasteiger partial charge on any atom is -0.499 e. The fourth-order valence-corrected chi connectivity index (χ4v) is 10.9. The molecule has 6 aromatic carbocycles. The number of hydrogen-bond donors (Lipinski definition) is 0. The van der Waals surface area contributed by atoms with Gasteiger partial charge in [0.25, 0.3) is 0 Å². The zero-order valence-corrected chi connectivity index (χ0v) is 41.7. The Labute approximate surface area is 401 Å². The van der Waals surface area contributed by atoms with Crippen molar-refractivity contribution in [2.45, 2.75) is 59.7 Å². The molecule has 0 aliphatic rings. The Morgan fingerprint density at radius 2 is 1.33 bits per heavy atom. The molecule has 5 aromatic heterocycles. The molecule has 329 valence electrons. The van der Waals surface area contributed by atoms with Crippen LogP contribution in [0.15, 0.2) is 162 Å². The number of benzene rings is 6. The summed E-state index contributed by atoms with van der Waals surface area (Å²) in [5, 5.41) is 7.24. The first-order valence-corrected chi connectivity index (χ1v) is 26.1. The number of nitrogens with zero attached hydrogens (tertiary/aromatic N) is 5. The van der Waals surface area contributed by atoms with E-state index in [-0.39, 0.29) is 26.0 Å². The minimum atomic E-state index is -1.34. The van der Waals surface area contributed by atoms with Gasteiger partial charge in [-0.15, -0.1) is 47.5 Å². The van der Waals surface area contributed by atoms with E-state index in [4.69, 9.17) is 19.4 Å². The van der Waals surface area contributed by atoms with Crippen LogP contribution in [-0.4, -0.2) is 32.6 Å². The predicted molar refractivity (Wildman–Crippen MR) is 273 cm³/mol. The van der Waals surface area contributed by atoms with Crippen LogP contribution in [0, 0.1) is 18.1 Å². The van der Waals surface area contributed by atoms with E-state index < -0.39 is 8.07 Å². The molecule has 0 saturated heterocycles. The molecule has 1 radical (unpaired) electrons. The van der Waals surface area contributed by atoms with Crippen LogP contribution in [0.3, 0.4) is 0 Å². The van der Waals surface area contributed by atoms with Gasteiger partial charge in [0, 0.05) is 48.8 Å². The summed E-state index contributed by atoms with van der Waals surface area (Å²) in [5.74, 6) is 1.67. The first-order valence-electron chi connectivity index (χ1n) is 22.6. The maximum atomic E-state index is 6.56. The van der Waals surface area contributed by atoms with Gasteiger partial charge >= 0.3 is 0 Å². The second-order valence-electron chi connectivity index (χ2n) is 18.6. The number of hydrogen-bond acceptors (Lipinski definition) is 5. The van der Waals surface area contributed by atoms with Gasteiger partial charge in [-0.25, -0.2) is 4.98 Å². The van der Waals surface area contributed by atoms with Gasteiger partial charge in [0.1, 0.15) is 0 Å². The van der Waals surface area contributed by atoms with Gasteiger partial charge in [-0.2, -0.15) is 0 Å². The number of imidazole rings is 1. The molecule has 0 N–H and O–H groups in total. The molecule has 0 bridgehead atoms. The van der Waals surface area contributed by atoms with E-state index in [1.54, 1.807) is 6.20 Å². The van der Waals surface area contributed by atoms with Crippen LogP contribution >= 0.6 is 0 Å². The maximum absolute atomic E-state index is 6.56. The van der Waals surface area contributed by atoms with Crippen molar-refractivity contribution in [3.05, 3.63) is 181 Å². The molecule has 6 nitrogen and oxygen atoms in total. The van der Waals surface area contributed by atoms with Gasteiger partial charge in [-0.1, -0.05) is 150 Å². The third kappa shape index (κ3) is 8.30. The van der Waals surface area contributed by atoms with Crippen molar-refractivity contribution in [2.75, 3.05) is 0 Å². The van der Waals surface area contributed by atoms with Crippen LogP contribution in [-0.2, 0) is 26.5 Å². The van der Waals surface area contributed by atoms with Crippen molar-refractivity contribution in [3.63, 3.8) is 0 Å². The quantitative estimate of drug-likeness (QED) is 0.0861. The SMILES string of the molecule is CC(C)Cc1cc(-c2[c-]cccc2)ncc1[Si](C)(C)C.CC(C)c1c(-n2c(-c3[c-]cnc4c3oc3nc(-c5ccccc5)ccc34)nc3ccccc32)c2ccccc2c2ccccc12.[Ir]. The summed E-state index contributed by atoms with van der Waals surface area (Å²) < 4.78 is 8.87. The van der Waals surface area contributed by atoms with Gasteiger partial charge < -0.3 is 14.0 Å². The van der Waals surface area contributed by atoms with Gasteiger partial charge in [0.2, 0.25) is 5.71 Å². The molecule has 8 heteroatoms. The minimum absolute atomic E-state index is 0. The number of para-hydroxylation sites is 2. The van der Waals surface area contributed by atoms with Crippen LogP contribution in [0.1, 0.15) is 44.7 Å². The maximum Gasteiger partial charge on any atom is 0.215 e. The van der Waals surface area contributed by atoms with Crippen molar-refractivity contribution < 1.29 is 24.5 Å². The predicted octanol–water partition coefficient (Wildman–Crippen LogP) is 14.6. The molecular formula is C58H51IrN5OSi-2. The first kappa shape index (κ1) is 44.6. The van der Waals surface area contributed by atoms with E-state index in [9.17, 15) is 0 Å². The number of furan rings is 1. The van der Waals surface area contributed by atoms with Gasteiger partial charge in [-0.05, 0) is 81.3 Å². The average Bonchev–Trinajstić information content (AvgIpc) is 3.90. The van der Waals surface area contributed by atoms with E-state index in [0.29, 0.717) is 17.2 Å². The zero-order chi connectivity index (χ0) is 44.8. The molecule has 0 unspecified atom stereocenters. The molecule has 11 rings (SSSR count). The van der Waals surface area contributed by atoms with Gasteiger partial charge in [0.05, 0.1) is 41.3 Å². The fourth-order valence-electron chi connectivity index (χ4n) is 9.30. The molecule has 0 spiro atoms. The summed E-state index contributed by atoms with van der Waals surface area (Å²) in [6, 6.07) is 57.0. The molecule has 11 aromatic rings. The second-order valence-corrected chi connectivity index (χ2v) is 23.6. The Bertz CT molecular complexity index is 3520. The number of rotatable bonds is 8. The summed E-state index contributed by atoms with van der Waals surface area (Å²) in [6.07, 6.45) is 4.96. The topological polar surface area (TPSA) is 69.6 Å². The second kappa shape index (κ2) is 18.4. The molecule has 0 amide bonds. The van der Waals surface area contributed by atoms with E-state index in [0.717, 1.165) is 67.9 Å². The Hall–Kier alpha value is -6.57. The van der Waals surface area contributed by atoms with Crippen molar-refractivity contribution in [1.29, 1.82) is 0 Å². The average molecular weight is 1050 g/mol. The third-order valence-corrected chi connectivity index (χ3v) is 14.2. The van der Waals surface area contributed by atoms with Crippen molar-refractivity contribution in [3.8, 4) is 39.6 Å². The van der Waals surface area contributed by atoms with E-state index in [1.807, 2.05) is 54.6 Å². The number of fused-ring (bicyclic) bond motifs is 7. The summed E-state index contributed by atoms with van der Waals surface area (Å²) in [4.78, 5) is 19.6. The van der Waals surface area contributed by atoms with Gasteiger partial charge in [-0.3, -0.25) is 9.97 Å². The molecule has 0 atom stereocenters. The molecule has 0 aliphatic heterocycles. The van der Waals surface area contributed by atoms with E-state index in [1.165, 1.54) is 37.9 Å². The summed E-state index contributed by atoms with van der Waals surface area (Å²) in [6.45, 7) is 16.3. The zero-order valence-electron chi connectivity index (χ0n) is 38.4. The monoisotopic (exact) mass is 1050 g/mol. The molecule has 0 saturated carbocycles. The van der Waals surface area contributed by atoms with Crippen molar-refractivity contribution in [1.82, 2.24) is 24.5 Å². The summed E-state index contributed by atoms with van der Waals surface area (Å²) in [5.41, 5.74) is 12.5.